The molecule has 0 fully saturated rings. The largest absolute Gasteiger partial charge is 0.354 e. The Morgan fingerprint density at radius 3 is 2.93 bits per heavy atom. The lowest BCUT2D eigenvalue weighted by Gasteiger charge is -2.23. The fourth-order valence-electron chi connectivity index (χ4n) is 1.28. The van der Waals surface area contributed by atoms with Crippen LogP contribution in [-0.4, -0.2) is 23.1 Å². The Morgan fingerprint density at radius 1 is 1.67 bits per heavy atom. The maximum absolute atomic E-state index is 8.75. The van der Waals surface area contributed by atoms with Gasteiger partial charge in [-0.1, -0.05) is 11.6 Å². The van der Waals surface area contributed by atoms with E-state index in [1.54, 1.807) is 6.20 Å². The second kappa shape index (κ2) is 5.52. The van der Waals surface area contributed by atoms with Gasteiger partial charge in [-0.3, -0.25) is 0 Å². The minimum Gasteiger partial charge on any atom is -0.354 e. The standard InChI is InChI=1S/C10H13ClN4/c1-3-15(6-8(2)4-12)10-9(11)5-13-7-14-10/h5,7-8H,3,6H2,1-2H3. The predicted octanol–water partition coefficient (Wildman–Crippen LogP) is 2.12. The third-order valence-corrected chi connectivity index (χ3v) is 2.31. The Bertz CT molecular complexity index is 361. The van der Waals surface area contributed by atoms with Crippen LogP contribution in [0.25, 0.3) is 0 Å². The van der Waals surface area contributed by atoms with Crippen LogP contribution in [0.2, 0.25) is 5.02 Å². The van der Waals surface area contributed by atoms with Crippen molar-refractivity contribution < 1.29 is 0 Å². The van der Waals surface area contributed by atoms with Crippen molar-refractivity contribution in [3.63, 3.8) is 0 Å². The van der Waals surface area contributed by atoms with Crippen molar-refractivity contribution in [2.24, 2.45) is 5.92 Å². The molecule has 1 rings (SSSR count). The molecule has 5 heteroatoms. The number of nitrogens with zero attached hydrogens (tertiary/aromatic N) is 4. The van der Waals surface area contributed by atoms with Crippen LogP contribution in [0.1, 0.15) is 13.8 Å². The highest BCUT2D eigenvalue weighted by Gasteiger charge is 2.12. The molecule has 1 aromatic heterocycles. The molecule has 80 valence electrons. The van der Waals surface area contributed by atoms with Gasteiger partial charge in [0.15, 0.2) is 5.82 Å². The summed E-state index contributed by atoms with van der Waals surface area (Å²) in [6.07, 6.45) is 3.02. The molecule has 0 aliphatic rings. The van der Waals surface area contributed by atoms with Crippen molar-refractivity contribution in [1.29, 1.82) is 5.26 Å². The van der Waals surface area contributed by atoms with Gasteiger partial charge in [0, 0.05) is 13.1 Å². The van der Waals surface area contributed by atoms with Crippen LogP contribution in [0.5, 0.6) is 0 Å². The summed E-state index contributed by atoms with van der Waals surface area (Å²) in [7, 11) is 0. The van der Waals surface area contributed by atoms with Crippen molar-refractivity contribution >= 4 is 17.4 Å². The molecule has 0 N–H and O–H groups in total. The minimum absolute atomic E-state index is 0.0454. The van der Waals surface area contributed by atoms with E-state index in [0.29, 0.717) is 17.4 Å². The molecule has 0 saturated carbocycles. The monoisotopic (exact) mass is 224 g/mol. The van der Waals surface area contributed by atoms with Gasteiger partial charge in [-0.2, -0.15) is 5.26 Å². The summed E-state index contributed by atoms with van der Waals surface area (Å²) in [6.45, 7) is 5.27. The van der Waals surface area contributed by atoms with Crippen LogP contribution in [0, 0.1) is 17.2 Å². The molecular weight excluding hydrogens is 212 g/mol. The minimum atomic E-state index is -0.0454. The Labute approximate surface area is 94.5 Å². The van der Waals surface area contributed by atoms with Crippen molar-refractivity contribution in [1.82, 2.24) is 9.97 Å². The van der Waals surface area contributed by atoms with Crippen molar-refractivity contribution in [3.8, 4) is 6.07 Å². The smallest absolute Gasteiger partial charge is 0.150 e. The average Bonchev–Trinajstić information content (AvgIpc) is 2.26. The summed E-state index contributed by atoms with van der Waals surface area (Å²) >= 11 is 5.97. The van der Waals surface area contributed by atoms with Gasteiger partial charge in [-0.05, 0) is 13.8 Å². The maximum atomic E-state index is 8.75. The molecule has 4 nitrogen and oxygen atoms in total. The molecular formula is C10H13ClN4. The van der Waals surface area contributed by atoms with Gasteiger partial charge in [0.05, 0.1) is 18.2 Å². The SMILES string of the molecule is CCN(CC(C)C#N)c1ncncc1Cl. The predicted molar refractivity (Wildman–Crippen MR) is 59.7 cm³/mol. The van der Waals surface area contributed by atoms with E-state index in [2.05, 4.69) is 16.0 Å². The van der Waals surface area contributed by atoms with Crippen molar-refractivity contribution in [2.75, 3.05) is 18.0 Å². The summed E-state index contributed by atoms with van der Waals surface area (Å²) < 4.78 is 0. The molecule has 1 atom stereocenters. The van der Waals surface area contributed by atoms with Crippen LogP contribution >= 0.6 is 11.6 Å². The first-order valence-electron chi connectivity index (χ1n) is 4.79. The lowest BCUT2D eigenvalue weighted by molar-refractivity contribution is 0.678. The van der Waals surface area contributed by atoms with Gasteiger partial charge in [0.2, 0.25) is 0 Å². The zero-order valence-corrected chi connectivity index (χ0v) is 9.57. The molecule has 15 heavy (non-hydrogen) atoms. The lowest BCUT2D eigenvalue weighted by Crippen LogP contribution is -2.28. The number of hydrogen-bond donors (Lipinski definition) is 0. The number of hydrogen-bond acceptors (Lipinski definition) is 4. The number of rotatable bonds is 4. The van der Waals surface area contributed by atoms with E-state index in [9.17, 15) is 0 Å². The first kappa shape index (κ1) is 11.7. The lowest BCUT2D eigenvalue weighted by atomic mass is 10.2. The van der Waals surface area contributed by atoms with Crippen LogP contribution in [0.15, 0.2) is 12.5 Å². The van der Waals surface area contributed by atoms with Crippen LogP contribution in [0.4, 0.5) is 5.82 Å². The highest BCUT2D eigenvalue weighted by Crippen LogP contribution is 2.21. The number of anilines is 1. The second-order valence-electron chi connectivity index (χ2n) is 3.26. The Morgan fingerprint density at radius 2 is 2.40 bits per heavy atom. The summed E-state index contributed by atoms with van der Waals surface area (Å²) in [5.74, 6) is 0.646. The molecule has 0 aromatic carbocycles. The van der Waals surface area contributed by atoms with Crippen LogP contribution in [-0.2, 0) is 0 Å². The van der Waals surface area contributed by atoms with E-state index in [4.69, 9.17) is 16.9 Å². The molecule has 0 saturated heterocycles. The van der Waals surface area contributed by atoms with Gasteiger partial charge in [0.25, 0.3) is 0 Å². The molecule has 0 aliphatic heterocycles. The van der Waals surface area contributed by atoms with Gasteiger partial charge in [-0.15, -0.1) is 0 Å². The molecule has 1 aromatic rings. The first-order valence-corrected chi connectivity index (χ1v) is 5.16. The van der Waals surface area contributed by atoms with E-state index in [-0.39, 0.29) is 5.92 Å². The van der Waals surface area contributed by atoms with Crippen molar-refractivity contribution in [3.05, 3.63) is 17.5 Å². The quantitative estimate of drug-likeness (QED) is 0.786. The number of halogens is 1. The van der Waals surface area contributed by atoms with E-state index in [1.165, 1.54) is 6.33 Å². The normalized spacial score (nSPS) is 11.9. The highest BCUT2D eigenvalue weighted by atomic mass is 35.5. The molecule has 0 radical (unpaired) electrons. The van der Waals surface area contributed by atoms with Gasteiger partial charge in [-0.25, -0.2) is 9.97 Å². The summed E-state index contributed by atoms with van der Waals surface area (Å²) in [6, 6.07) is 2.19. The van der Waals surface area contributed by atoms with E-state index < -0.39 is 0 Å². The molecule has 0 aliphatic carbocycles. The molecule has 1 heterocycles. The third kappa shape index (κ3) is 3.07. The first-order chi connectivity index (χ1) is 7.19. The molecule has 0 bridgehead atoms. The Kier molecular flexibility index (Phi) is 4.32. The second-order valence-corrected chi connectivity index (χ2v) is 3.67. The average molecular weight is 225 g/mol. The van der Waals surface area contributed by atoms with Gasteiger partial charge < -0.3 is 4.90 Å². The van der Waals surface area contributed by atoms with Crippen LogP contribution < -0.4 is 4.90 Å². The highest BCUT2D eigenvalue weighted by molar-refractivity contribution is 6.32. The fraction of sp³-hybridized carbons (Fsp3) is 0.500. The summed E-state index contributed by atoms with van der Waals surface area (Å²) in [4.78, 5) is 9.91. The third-order valence-electron chi connectivity index (χ3n) is 2.04. The van der Waals surface area contributed by atoms with Crippen LogP contribution in [0.3, 0.4) is 0 Å². The van der Waals surface area contributed by atoms with E-state index >= 15 is 0 Å². The van der Waals surface area contributed by atoms with Gasteiger partial charge >= 0.3 is 0 Å². The molecule has 1 unspecified atom stereocenters. The zero-order valence-electron chi connectivity index (χ0n) is 8.81. The topological polar surface area (TPSA) is 52.8 Å². The van der Waals surface area contributed by atoms with Crippen molar-refractivity contribution in [2.45, 2.75) is 13.8 Å². The molecule has 0 spiro atoms. The van der Waals surface area contributed by atoms with E-state index in [1.807, 2.05) is 18.7 Å². The summed E-state index contributed by atoms with van der Waals surface area (Å²) in [5.41, 5.74) is 0. The number of aromatic nitrogens is 2. The zero-order chi connectivity index (χ0) is 11.3. The number of nitriles is 1. The Balaban J connectivity index is 2.84. The maximum Gasteiger partial charge on any atom is 0.150 e. The molecule has 0 amide bonds. The Hall–Kier alpha value is -1.34. The van der Waals surface area contributed by atoms with Gasteiger partial charge in [0.1, 0.15) is 11.3 Å². The summed E-state index contributed by atoms with van der Waals surface area (Å²) in [5, 5.41) is 9.27. The van der Waals surface area contributed by atoms with E-state index in [0.717, 1.165) is 6.54 Å². The fourth-order valence-corrected chi connectivity index (χ4v) is 1.50.